The van der Waals surface area contributed by atoms with Crippen molar-refractivity contribution >= 4 is 0 Å². The molecule has 2 N–H and O–H groups in total. The molecule has 1 aliphatic carbocycles. The van der Waals surface area contributed by atoms with Crippen LogP contribution in [0.3, 0.4) is 0 Å². The van der Waals surface area contributed by atoms with Gasteiger partial charge in [0.05, 0.1) is 12.3 Å². The van der Waals surface area contributed by atoms with E-state index in [1.807, 2.05) is 24.1 Å². The molecule has 1 saturated carbocycles. The predicted octanol–water partition coefficient (Wildman–Crippen LogP) is 1.84. The van der Waals surface area contributed by atoms with E-state index in [-0.39, 0.29) is 6.10 Å². The highest BCUT2D eigenvalue weighted by Crippen LogP contribution is 2.27. The number of rotatable bonds is 6. The standard InChI is InChI=1S/C14H25N3O/c1-17-11-12(10-16-17)9-15-8-4-6-13-5-2-3-7-14(13)18/h10-11,13-15,18H,2-9H2,1H3. The Morgan fingerprint density at radius 3 is 3.00 bits per heavy atom. The first-order chi connectivity index (χ1) is 8.75. The van der Waals surface area contributed by atoms with Crippen molar-refractivity contribution in [3.63, 3.8) is 0 Å². The van der Waals surface area contributed by atoms with Crippen LogP contribution >= 0.6 is 0 Å². The van der Waals surface area contributed by atoms with E-state index in [0.717, 1.165) is 32.4 Å². The van der Waals surface area contributed by atoms with Gasteiger partial charge in [-0.2, -0.15) is 5.10 Å². The Kier molecular flexibility index (Phi) is 5.20. The molecule has 0 spiro atoms. The zero-order valence-electron chi connectivity index (χ0n) is 11.3. The van der Waals surface area contributed by atoms with E-state index >= 15 is 0 Å². The predicted molar refractivity (Wildman–Crippen MR) is 72.1 cm³/mol. The molecule has 0 amide bonds. The van der Waals surface area contributed by atoms with E-state index in [1.165, 1.54) is 24.8 Å². The van der Waals surface area contributed by atoms with E-state index in [0.29, 0.717) is 5.92 Å². The highest BCUT2D eigenvalue weighted by atomic mass is 16.3. The van der Waals surface area contributed by atoms with Gasteiger partial charge in [0.15, 0.2) is 0 Å². The molecule has 1 aromatic heterocycles. The lowest BCUT2D eigenvalue weighted by molar-refractivity contribution is 0.0643. The summed E-state index contributed by atoms with van der Waals surface area (Å²) >= 11 is 0. The Morgan fingerprint density at radius 1 is 1.44 bits per heavy atom. The highest BCUT2D eigenvalue weighted by molar-refractivity contribution is 5.02. The number of hydrogen-bond donors (Lipinski definition) is 2. The van der Waals surface area contributed by atoms with Crippen molar-refractivity contribution in [2.24, 2.45) is 13.0 Å². The molecule has 18 heavy (non-hydrogen) atoms. The van der Waals surface area contributed by atoms with E-state index < -0.39 is 0 Å². The number of aromatic nitrogens is 2. The molecule has 102 valence electrons. The summed E-state index contributed by atoms with van der Waals surface area (Å²) in [4.78, 5) is 0. The van der Waals surface area contributed by atoms with Crippen molar-refractivity contribution in [3.8, 4) is 0 Å². The number of nitrogens with one attached hydrogen (secondary N) is 1. The molecule has 4 heteroatoms. The fourth-order valence-corrected chi connectivity index (χ4v) is 2.81. The topological polar surface area (TPSA) is 50.1 Å². The zero-order chi connectivity index (χ0) is 12.8. The lowest BCUT2D eigenvalue weighted by Gasteiger charge is -2.27. The van der Waals surface area contributed by atoms with Crippen molar-refractivity contribution < 1.29 is 5.11 Å². The van der Waals surface area contributed by atoms with Crippen molar-refractivity contribution in [1.29, 1.82) is 0 Å². The quantitative estimate of drug-likeness (QED) is 0.759. The lowest BCUT2D eigenvalue weighted by Crippen LogP contribution is -2.25. The van der Waals surface area contributed by atoms with Crippen LogP contribution in [0.1, 0.15) is 44.1 Å². The summed E-state index contributed by atoms with van der Waals surface area (Å²) in [6, 6.07) is 0. The van der Waals surface area contributed by atoms with Gasteiger partial charge in [-0.05, 0) is 38.1 Å². The third kappa shape index (κ3) is 4.10. The molecule has 0 aliphatic heterocycles. The number of aryl methyl sites for hydroxylation is 1. The molecule has 0 aromatic carbocycles. The highest BCUT2D eigenvalue weighted by Gasteiger charge is 2.21. The van der Waals surface area contributed by atoms with Crippen LogP contribution in [-0.4, -0.2) is 27.5 Å². The molecule has 2 rings (SSSR count). The molecule has 1 heterocycles. The van der Waals surface area contributed by atoms with Gasteiger partial charge in [0.2, 0.25) is 0 Å². The van der Waals surface area contributed by atoms with Gasteiger partial charge in [-0.1, -0.05) is 12.8 Å². The molecule has 4 nitrogen and oxygen atoms in total. The van der Waals surface area contributed by atoms with Gasteiger partial charge >= 0.3 is 0 Å². The van der Waals surface area contributed by atoms with Crippen LogP contribution in [0.4, 0.5) is 0 Å². The minimum absolute atomic E-state index is 0.0444. The molecular formula is C14H25N3O. The summed E-state index contributed by atoms with van der Waals surface area (Å²) in [5, 5.41) is 17.5. The van der Waals surface area contributed by atoms with Crippen molar-refractivity contribution in [1.82, 2.24) is 15.1 Å². The lowest BCUT2D eigenvalue weighted by atomic mass is 9.83. The summed E-state index contributed by atoms with van der Waals surface area (Å²) < 4.78 is 1.83. The SMILES string of the molecule is Cn1cc(CNCCCC2CCCCC2O)cn1. The first-order valence-corrected chi connectivity index (χ1v) is 7.12. The molecule has 0 radical (unpaired) electrons. The Balaban J connectivity index is 1.55. The van der Waals surface area contributed by atoms with E-state index in [4.69, 9.17) is 0 Å². The Hall–Kier alpha value is -0.870. The van der Waals surface area contributed by atoms with Crippen LogP contribution in [0.5, 0.6) is 0 Å². The maximum atomic E-state index is 9.87. The summed E-state index contributed by atoms with van der Waals surface area (Å²) in [6.45, 7) is 1.92. The van der Waals surface area contributed by atoms with Gasteiger partial charge in [0.1, 0.15) is 0 Å². The van der Waals surface area contributed by atoms with Crippen LogP contribution in [0.25, 0.3) is 0 Å². The van der Waals surface area contributed by atoms with Crippen LogP contribution < -0.4 is 5.32 Å². The van der Waals surface area contributed by atoms with Gasteiger partial charge in [0, 0.05) is 25.4 Å². The van der Waals surface area contributed by atoms with Crippen LogP contribution in [0.2, 0.25) is 0 Å². The van der Waals surface area contributed by atoms with Crippen LogP contribution in [0, 0.1) is 5.92 Å². The van der Waals surface area contributed by atoms with Gasteiger partial charge in [0.25, 0.3) is 0 Å². The summed E-state index contributed by atoms with van der Waals surface area (Å²) in [6.07, 6.45) is 10.9. The second-order valence-electron chi connectivity index (χ2n) is 5.45. The Morgan fingerprint density at radius 2 is 2.28 bits per heavy atom. The molecule has 2 atom stereocenters. The molecule has 1 aromatic rings. The van der Waals surface area contributed by atoms with Gasteiger partial charge in [-0.25, -0.2) is 0 Å². The average Bonchev–Trinajstić information content (AvgIpc) is 2.77. The maximum absolute atomic E-state index is 9.87. The number of hydrogen-bond acceptors (Lipinski definition) is 3. The minimum Gasteiger partial charge on any atom is -0.393 e. The van der Waals surface area contributed by atoms with E-state index in [2.05, 4.69) is 10.4 Å². The van der Waals surface area contributed by atoms with Gasteiger partial charge in [-0.3, -0.25) is 4.68 Å². The molecule has 1 fully saturated rings. The number of aliphatic hydroxyl groups is 1. The number of nitrogens with zero attached hydrogens (tertiary/aromatic N) is 2. The van der Waals surface area contributed by atoms with Crippen molar-refractivity contribution in [3.05, 3.63) is 18.0 Å². The molecule has 2 unspecified atom stereocenters. The average molecular weight is 251 g/mol. The first kappa shape index (κ1) is 13.6. The fourth-order valence-electron chi connectivity index (χ4n) is 2.81. The van der Waals surface area contributed by atoms with E-state index in [1.54, 1.807) is 0 Å². The summed E-state index contributed by atoms with van der Waals surface area (Å²) in [7, 11) is 1.94. The van der Waals surface area contributed by atoms with E-state index in [9.17, 15) is 5.11 Å². The van der Waals surface area contributed by atoms with Crippen molar-refractivity contribution in [2.75, 3.05) is 6.54 Å². The normalized spacial score (nSPS) is 24.3. The summed E-state index contributed by atoms with van der Waals surface area (Å²) in [5.41, 5.74) is 1.23. The first-order valence-electron chi connectivity index (χ1n) is 7.12. The Bertz CT molecular complexity index is 351. The van der Waals surface area contributed by atoms with Crippen LogP contribution in [0.15, 0.2) is 12.4 Å². The smallest absolute Gasteiger partial charge is 0.0568 e. The molecule has 0 bridgehead atoms. The second-order valence-corrected chi connectivity index (χ2v) is 5.45. The third-order valence-electron chi connectivity index (χ3n) is 3.88. The molecule has 0 saturated heterocycles. The maximum Gasteiger partial charge on any atom is 0.0568 e. The minimum atomic E-state index is -0.0444. The third-order valence-corrected chi connectivity index (χ3v) is 3.88. The summed E-state index contributed by atoms with van der Waals surface area (Å²) in [5.74, 6) is 0.541. The number of aliphatic hydroxyl groups excluding tert-OH is 1. The van der Waals surface area contributed by atoms with Gasteiger partial charge in [-0.15, -0.1) is 0 Å². The van der Waals surface area contributed by atoms with Crippen LogP contribution in [-0.2, 0) is 13.6 Å². The molecular weight excluding hydrogens is 226 g/mol. The fraction of sp³-hybridized carbons (Fsp3) is 0.786. The zero-order valence-corrected chi connectivity index (χ0v) is 11.3. The monoisotopic (exact) mass is 251 g/mol. The largest absolute Gasteiger partial charge is 0.393 e. The van der Waals surface area contributed by atoms with Crippen molar-refractivity contribution in [2.45, 2.75) is 51.2 Å². The second kappa shape index (κ2) is 6.90. The Labute approximate surface area is 109 Å². The van der Waals surface area contributed by atoms with Gasteiger partial charge < -0.3 is 10.4 Å². The molecule has 1 aliphatic rings.